The summed E-state index contributed by atoms with van der Waals surface area (Å²) in [4.78, 5) is 12.0. The Balaban J connectivity index is 1.82. The molecule has 4 unspecified atom stereocenters. The van der Waals surface area contributed by atoms with Gasteiger partial charge in [-0.3, -0.25) is 4.79 Å². The lowest BCUT2D eigenvalue weighted by Gasteiger charge is -2.29. The molecule has 92 valence electrons. The Kier molecular flexibility index (Phi) is 3.82. The topological polar surface area (TPSA) is 50.4 Å². The number of rotatable bonds is 2. The van der Waals surface area contributed by atoms with Crippen molar-refractivity contribution in [2.45, 2.75) is 51.3 Å². The number of nitrogens with one attached hydrogen (secondary N) is 2. The van der Waals surface area contributed by atoms with Crippen LogP contribution in [-0.2, 0) is 9.53 Å². The summed E-state index contributed by atoms with van der Waals surface area (Å²) in [5.74, 6) is 0.447. The molecule has 0 aromatic carbocycles. The highest BCUT2D eigenvalue weighted by Gasteiger charge is 2.32. The molecule has 0 aromatic rings. The maximum absolute atomic E-state index is 12.0. The van der Waals surface area contributed by atoms with Gasteiger partial charge in [-0.1, -0.05) is 6.92 Å². The fourth-order valence-electron chi connectivity index (χ4n) is 2.58. The summed E-state index contributed by atoms with van der Waals surface area (Å²) in [6, 6.07) is 0.820. The van der Waals surface area contributed by atoms with E-state index < -0.39 is 0 Å². The summed E-state index contributed by atoms with van der Waals surface area (Å²) in [6.07, 6.45) is 2.83. The summed E-state index contributed by atoms with van der Waals surface area (Å²) in [7, 11) is 0. The van der Waals surface area contributed by atoms with Crippen molar-refractivity contribution in [1.29, 1.82) is 0 Å². The number of carbonyl (C=O) groups excluding carboxylic acids is 1. The molecule has 0 aromatic heterocycles. The Labute approximate surface area is 97.1 Å². The van der Waals surface area contributed by atoms with E-state index in [9.17, 15) is 4.79 Å². The van der Waals surface area contributed by atoms with Crippen LogP contribution in [0.4, 0.5) is 0 Å². The first-order valence-electron chi connectivity index (χ1n) is 6.32. The van der Waals surface area contributed by atoms with Crippen LogP contribution in [0, 0.1) is 5.92 Å². The maximum atomic E-state index is 12.0. The monoisotopic (exact) mass is 226 g/mol. The molecular weight excluding hydrogens is 204 g/mol. The van der Waals surface area contributed by atoms with Gasteiger partial charge in [-0.2, -0.15) is 0 Å². The molecule has 2 N–H and O–H groups in total. The van der Waals surface area contributed by atoms with Gasteiger partial charge in [0.05, 0.1) is 0 Å². The Hall–Kier alpha value is -0.610. The molecule has 2 aliphatic heterocycles. The molecule has 0 aliphatic carbocycles. The molecule has 0 saturated carbocycles. The van der Waals surface area contributed by atoms with Crippen molar-refractivity contribution >= 4 is 5.91 Å². The van der Waals surface area contributed by atoms with Gasteiger partial charge < -0.3 is 15.4 Å². The lowest BCUT2D eigenvalue weighted by molar-refractivity contribution is -0.132. The second kappa shape index (κ2) is 5.15. The quantitative estimate of drug-likeness (QED) is 0.727. The second-order valence-electron chi connectivity index (χ2n) is 5.14. The first-order valence-corrected chi connectivity index (χ1v) is 6.32. The Morgan fingerprint density at radius 1 is 1.38 bits per heavy atom. The number of hydrogen-bond donors (Lipinski definition) is 2. The van der Waals surface area contributed by atoms with Crippen LogP contribution in [0.5, 0.6) is 0 Å². The van der Waals surface area contributed by atoms with Gasteiger partial charge in [0.2, 0.25) is 5.91 Å². The summed E-state index contributed by atoms with van der Waals surface area (Å²) in [5.41, 5.74) is 0. The summed E-state index contributed by atoms with van der Waals surface area (Å²) < 4.78 is 5.47. The molecule has 16 heavy (non-hydrogen) atoms. The third-order valence-corrected chi connectivity index (χ3v) is 3.62. The molecular formula is C12H22N2O2. The summed E-state index contributed by atoms with van der Waals surface area (Å²) in [5, 5.41) is 6.50. The van der Waals surface area contributed by atoms with E-state index in [-0.39, 0.29) is 12.0 Å². The molecule has 2 aliphatic rings. The van der Waals surface area contributed by atoms with E-state index in [1.54, 1.807) is 0 Å². The second-order valence-corrected chi connectivity index (χ2v) is 5.14. The van der Waals surface area contributed by atoms with Gasteiger partial charge in [0.1, 0.15) is 6.10 Å². The van der Waals surface area contributed by atoms with Crippen molar-refractivity contribution in [2.24, 2.45) is 5.92 Å². The van der Waals surface area contributed by atoms with Crippen molar-refractivity contribution in [1.82, 2.24) is 10.6 Å². The largest absolute Gasteiger partial charge is 0.368 e. The van der Waals surface area contributed by atoms with E-state index in [1.807, 2.05) is 0 Å². The lowest BCUT2D eigenvalue weighted by Crippen LogP contribution is -2.49. The van der Waals surface area contributed by atoms with Gasteiger partial charge in [-0.15, -0.1) is 0 Å². The Morgan fingerprint density at radius 2 is 2.19 bits per heavy atom. The Bertz CT molecular complexity index is 257. The fourth-order valence-corrected chi connectivity index (χ4v) is 2.58. The van der Waals surface area contributed by atoms with E-state index in [4.69, 9.17) is 4.74 Å². The molecule has 0 spiro atoms. The van der Waals surface area contributed by atoms with Gasteiger partial charge in [0.25, 0.3) is 0 Å². The Morgan fingerprint density at radius 3 is 2.81 bits per heavy atom. The fraction of sp³-hybridized carbons (Fsp3) is 0.917. The number of amides is 1. The highest BCUT2D eigenvalue weighted by Crippen LogP contribution is 2.20. The molecule has 4 nitrogen and oxygen atoms in total. The van der Waals surface area contributed by atoms with Crippen LogP contribution in [0.25, 0.3) is 0 Å². The zero-order valence-corrected chi connectivity index (χ0v) is 10.2. The van der Waals surface area contributed by atoms with Crippen molar-refractivity contribution in [3.8, 4) is 0 Å². The van der Waals surface area contributed by atoms with Gasteiger partial charge in [-0.25, -0.2) is 0 Å². The zero-order chi connectivity index (χ0) is 11.5. The van der Waals surface area contributed by atoms with Crippen molar-refractivity contribution < 1.29 is 9.53 Å². The van der Waals surface area contributed by atoms with Crippen molar-refractivity contribution in [3.63, 3.8) is 0 Å². The van der Waals surface area contributed by atoms with Crippen LogP contribution in [0.3, 0.4) is 0 Å². The average Bonchev–Trinajstić information content (AvgIpc) is 2.64. The molecule has 1 amide bonds. The predicted molar refractivity (Wildman–Crippen MR) is 62.2 cm³/mol. The minimum absolute atomic E-state index is 0.0871. The molecule has 0 bridgehead atoms. The average molecular weight is 226 g/mol. The van der Waals surface area contributed by atoms with E-state index in [0.29, 0.717) is 18.0 Å². The highest BCUT2D eigenvalue weighted by molar-refractivity contribution is 5.81. The van der Waals surface area contributed by atoms with Crippen molar-refractivity contribution in [3.05, 3.63) is 0 Å². The smallest absolute Gasteiger partial charge is 0.249 e. The SMILES string of the molecule is CC1CC(NC(=O)C2OCCC2C)CCN1. The standard InChI is InChI=1S/C12H22N2O2/c1-8-4-6-16-11(8)12(15)14-10-3-5-13-9(2)7-10/h8-11,13H,3-7H2,1-2H3,(H,14,15). The molecule has 2 fully saturated rings. The van der Waals surface area contributed by atoms with E-state index in [0.717, 1.165) is 32.4 Å². The number of carbonyl (C=O) groups is 1. The van der Waals surface area contributed by atoms with E-state index >= 15 is 0 Å². The van der Waals surface area contributed by atoms with Crippen LogP contribution in [0.15, 0.2) is 0 Å². The van der Waals surface area contributed by atoms with Crippen LogP contribution >= 0.6 is 0 Å². The van der Waals surface area contributed by atoms with Gasteiger partial charge in [0, 0.05) is 18.7 Å². The van der Waals surface area contributed by atoms with Crippen LogP contribution in [-0.4, -0.2) is 37.2 Å². The number of ether oxygens (including phenoxy) is 1. The lowest BCUT2D eigenvalue weighted by atomic mass is 9.99. The van der Waals surface area contributed by atoms with E-state index in [1.165, 1.54) is 0 Å². The number of hydrogen-bond acceptors (Lipinski definition) is 3. The molecule has 4 heteroatoms. The molecule has 0 radical (unpaired) electrons. The number of piperidine rings is 1. The van der Waals surface area contributed by atoms with Gasteiger partial charge >= 0.3 is 0 Å². The van der Waals surface area contributed by atoms with E-state index in [2.05, 4.69) is 24.5 Å². The van der Waals surface area contributed by atoms with Gasteiger partial charge in [0.15, 0.2) is 0 Å². The van der Waals surface area contributed by atoms with Gasteiger partial charge in [-0.05, 0) is 38.6 Å². The predicted octanol–water partition coefficient (Wildman–Crippen LogP) is 0.668. The first kappa shape index (κ1) is 11.9. The minimum Gasteiger partial charge on any atom is -0.368 e. The van der Waals surface area contributed by atoms with Crippen LogP contribution in [0.2, 0.25) is 0 Å². The first-order chi connectivity index (χ1) is 7.66. The normalized spacial score (nSPS) is 39.6. The third kappa shape index (κ3) is 2.74. The molecule has 2 saturated heterocycles. The summed E-state index contributed by atoms with van der Waals surface area (Å²) >= 11 is 0. The molecule has 2 heterocycles. The highest BCUT2D eigenvalue weighted by atomic mass is 16.5. The molecule has 4 atom stereocenters. The summed E-state index contributed by atoms with van der Waals surface area (Å²) in [6.45, 7) is 5.96. The zero-order valence-electron chi connectivity index (χ0n) is 10.2. The molecule has 2 rings (SSSR count). The third-order valence-electron chi connectivity index (χ3n) is 3.62. The van der Waals surface area contributed by atoms with Crippen molar-refractivity contribution in [2.75, 3.05) is 13.2 Å². The van der Waals surface area contributed by atoms with Crippen LogP contribution < -0.4 is 10.6 Å². The maximum Gasteiger partial charge on any atom is 0.249 e. The minimum atomic E-state index is -0.217. The van der Waals surface area contributed by atoms with Crippen LogP contribution in [0.1, 0.15) is 33.1 Å².